The SMILES string of the molecule is CC(C)COC(=O)C1[C@H]2C=CC3(CN(C4CCCC4)C(=O)[C@@H]13)O2. The molecule has 1 amide bonds. The summed E-state index contributed by atoms with van der Waals surface area (Å²) >= 11 is 0. The molecule has 4 aliphatic rings. The predicted octanol–water partition coefficient (Wildman–Crippen LogP) is 1.91. The first-order valence-electron chi connectivity index (χ1n) is 8.86. The molecule has 23 heavy (non-hydrogen) atoms. The van der Waals surface area contributed by atoms with Crippen LogP contribution in [0.25, 0.3) is 0 Å². The van der Waals surface area contributed by atoms with Crippen molar-refractivity contribution in [1.82, 2.24) is 4.90 Å². The number of esters is 1. The van der Waals surface area contributed by atoms with Crippen LogP contribution in [0.15, 0.2) is 12.2 Å². The minimum atomic E-state index is -0.591. The molecule has 2 saturated heterocycles. The number of fused-ring (bicyclic) bond motifs is 1. The Hall–Kier alpha value is -1.36. The highest BCUT2D eigenvalue weighted by molar-refractivity contribution is 5.91. The summed E-state index contributed by atoms with van der Waals surface area (Å²) in [6.07, 6.45) is 8.18. The van der Waals surface area contributed by atoms with Crippen LogP contribution >= 0.6 is 0 Å². The normalized spacial score (nSPS) is 38.8. The molecule has 0 aromatic carbocycles. The van der Waals surface area contributed by atoms with Crippen molar-refractivity contribution < 1.29 is 19.1 Å². The smallest absolute Gasteiger partial charge is 0.312 e. The molecule has 3 aliphatic heterocycles. The minimum Gasteiger partial charge on any atom is -0.465 e. The standard InChI is InChI=1S/C18H25NO4/c1-11(2)9-22-17(21)14-13-7-8-18(23-13)10-19(16(20)15(14)18)12-5-3-4-6-12/h7-8,11-15H,3-6,9-10H2,1-2H3/t13-,14?,15-,18?/m1/s1. The van der Waals surface area contributed by atoms with Crippen molar-refractivity contribution in [2.75, 3.05) is 13.2 Å². The van der Waals surface area contributed by atoms with Crippen LogP contribution in [0.5, 0.6) is 0 Å². The summed E-state index contributed by atoms with van der Waals surface area (Å²) in [4.78, 5) is 27.5. The van der Waals surface area contributed by atoms with Crippen LogP contribution in [-0.2, 0) is 19.1 Å². The quantitative estimate of drug-likeness (QED) is 0.587. The van der Waals surface area contributed by atoms with Gasteiger partial charge in [0.15, 0.2) is 0 Å². The highest BCUT2D eigenvalue weighted by Gasteiger charge is 2.67. The van der Waals surface area contributed by atoms with E-state index in [9.17, 15) is 9.59 Å². The number of nitrogens with zero attached hydrogens (tertiary/aromatic N) is 1. The van der Waals surface area contributed by atoms with Gasteiger partial charge in [0.25, 0.3) is 0 Å². The Morgan fingerprint density at radius 1 is 1.43 bits per heavy atom. The predicted molar refractivity (Wildman–Crippen MR) is 83.5 cm³/mol. The highest BCUT2D eigenvalue weighted by Crippen LogP contribution is 2.53. The van der Waals surface area contributed by atoms with Crippen molar-refractivity contribution in [2.24, 2.45) is 17.8 Å². The zero-order valence-electron chi connectivity index (χ0n) is 13.9. The Bertz CT molecular complexity index is 551. The second-order valence-corrected chi connectivity index (χ2v) is 7.83. The first-order valence-corrected chi connectivity index (χ1v) is 8.86. The maximum absolute atomic E-state index is 13.0. The molecule has 126 valence electrons. The number of ether oxygens (including phenoxy) is 2. The third-order valence-electron chi connectivity index (χ3n) is 5.73. The maximum atomic E-state index is 13.0. The molecule has 2 bridgehead atoms. The highest BCUT2D eigenvalue weighted by atomic mass is 16.6. The lowest BCUT2D eigenvalue weighted by Crippen LogP contribution is -2.41. The van der Waals surface area contributed by atoms with Crippen LogP contribution in [0.2, 0.25) is 0 Å². The number of hydrogen-bond donors (Lipinski definition) is 0. The van der Waals surface area contributed by atoms with Crippen LogP contribution in [0.1, 0.15) is 39.5 Å². The van der Waals surface area contributed by atoms with E-state index in [1.54, 1.807) is 0 Å². The van der Waals surface area contributed by atoms with Crippen molar-refractivity contribution in [1.29, 1.82) is 0 Å². The number of carbonyl (C=O) groups excluding carboxylic acids is 2. The number of likely N-dealkylation sites (tertiary alicyclic amines) is 1. The minimum absolute atomic E-state index is 0.0928. The molecule has 4 atom stereocenters. The van der Waals surface area contributed by atoms with E-state index >= 15 is 0 Å². The third kappa shape index (κ3) is 2.24. The lowest BCUT2D eigenvalue weighted by molar-refractivity contribution is -0.155. The maximum Gasteiger partial charge on any atom is 0.312 e. The van der Waals surface area contributed by atoms with E-state index in [1.165, 1.54) is 12.8 Å². The van der Waals surface area contributed by atoms with Gasteiger partial charge in [-0.3, -0.25) is 9.59 Å². The van der Waals surface area contributed by atoms with Gasteiger partial charge in [-0.25, -0.2) is 0 Å². The lowest BCUT2D eigenvalue weighted by atomic mass is 9.77. The van der Waals surface area contributed by atoms with E-state index < -0.39 is 17.4 Å². The first-order chi connectivity index (χ1) is 11.0. The van der Waals surface area contributed by atoms with E-state index in [2.05, 4.69) is 0 Å². The fourth-order valence-electron chi connectivity index (χ4n) is 4.67. The summed E-state index contributed by atoms with van der Waals surface area (Å²) in [5.74, 6) is -0.760. The van der Waals surface area contributed by atoms with Crippen LogP contribution < -0.4 is 0 Å². The van der Waals surface area contributed by atoms with Crippen LogP contribution in [0, 0.1) is 17.8 Å². The van der Waals surface area contributed by atoms with Gasteiger partial charge in [0.2, 0.25) is 5.91 Å². The molecule has 1 aliphatic carbocycles. The van der Waals surface area contributed by atoms with Gasteiger partial charge in [0.1, 0.15) is 11.5 Å². The van der Waals surface area contributed by atoms with Crippen LogP contribution in [0.4, 0.5) is 0 Å². The molecule has 3 heterocycles. The Kier molecular flexibility index (Phi) is 3.52. The molecule has 2 unspecified atom stereocenters. The van der Waals surface area contributed by atoms with Gasteiger partial charge < -0.3 is 14.4 Å². The monoisotopic (exact) mass is 319 g/mol. The molecule has 1 saturated carbocycles. The topological polar surface area (TPSA) is 55.8 Å². The van der Waals surface area contributed by atoms with E-state index in [4.69, 9.17) is 9.47 Å². The van der Waals surface area contributed by atoms with Crippen molar-refractivity contribution in [3.8, 4) is 0 Å². The Morgan fingerprint density at radius 2 is 2.17 bits per heavy atom. The fraction of sp³-hybridized carbons (Fsp3) is 0.778. The number of hydrogen-bond acceptors (Lipinski definition) is 4. The van der Waals surface area contributed by atoms with Gasteiger partial charge in [-0.1, -0.05) is 38.8 Å². The van der Waals surface area contributed by atoms with Gasteiger partial charge in [0.05, 0.1) is 25.2 Å². The van der Waals surface area contributed by atoms with Crippen LogP contribution in [0.3, 0.4) is 0 Å². The van der Waals surface area contributed by atoms with Crippen molar-refractivity contribution in [3.05, 3.63) is 12.2 Å². The molecule has 5 heteroatoms. The largest absolute Gasteiger partial charge is 0.465 e. The average Bonchev–Trinajstić information content (AvgIpc) is 3.25. The van der Waals surface area contributed by atoms with Gasteiger partial charge in [0, 0.05) is 6.04 Å². The molecule has 4 rings (SSSR count). The summed E-state index contributed by atoms with van der Waals surface area (Å²) < 4.78 is 11.5. The zero-order valence-corrected chi connectivity index (χ0v) is 13.9. The third-order valence-corrected chi connectivity index (χ3v) is 5.73. The van der Waals surface area contributed by atoms with Crippen molar-refractivity contribution in [2.45, 2.75) is 57.3 Å². The summed E-state index contributed by atoms with van der Waals surface area (Å²) in [6, 6.07) is 0.325. The lowest BCUT2D eigenvalue weighted by Gasteiger charge is -2.26. The fourth-order valence-corrected chi connectivity index (χ4v) is 4.67. The second kappa shape index (κ2) is 5.33. The summed E-state index contributed by atoms with van der Waals surface area (Å²) in [5, 5.41) is 0. The molecule has 5 nitrogen and oxygen atoms in total. The molecule has 3 fully saturated rings. The van der Waals surface area contributed by atoms with Gasteiger partial charge >= 0.3 is 5.97 Å². The summed E-state index contributed by atoms with van der Waals surface area (Å²) in [7, 11) is 0. The molecular weight excluding hydrogens is 294 g/mol. The van der Waals surface area contributed by atoms with Gasteiger partial charge in [-0.05, 0) is 18.8 Å². The average molecular weight is 319 g/mol. The summed E-state index contributed by atoms with van der Waals surface area (Å²) in [5.41, 5.74) is -0.591. The summed E-state index contributed by atoms with van der Waals surface area (Å²) in [6.45, 7) is 5.01. The molecule has 0 aromatic heterocycles. The number of carbonyl (C=O) groups is 2. The second-order valence-electron chi connectivity index (χ2n) is 7.83. The van der Waals surface area contributed by atoms with E-state index in [0.29, 0.717) is 19.2 Å². The van der Waals surface area contributed by atoms with Crippen molar-refractivity contribution in [3.63, 3.8) is 0 Å². The van der Waals surface area contributed by atoms with Gasteiger partial charge in [-0.2, -0.15) is 0 Å². The molecule has 0 radical (unpaired) electrons. The Labute approximate surface area is 137 Å². The molecule has 0 N–H and O–H groups in total. The number of amides is 1. The zero-order chi connectivity index (χ0) is 16.2. The van der Waals surface area contributed by atoms with E-state index in [0.717, 1.165) is 12.8 Å². The molecular formula is C18H25NO4. The van der Waals surface area contributed by atoms with E-state index in [1.807, 2.05) is 30.9 Å². The molecule has 0 aromatic rings. The van der Waals surface area contributed by atoms with Crippen LogP contribution in [-0.4, -0.2) is 47.7 Å². The van der Waals surface area contributed by atoms with Gasteiger partial charge in [-0.15, -0.1) is 0 Å². The van der Waals surface area contributed by atoms with Crippen molar-refractivity contribution >= 4 is 11.9 Å². The first kappa shape index (κ1) is 15.2. The Morgan fingerprint density at radius 3 is 2.87 bits per heavy atom. The molecule has 1 spiro atoms. The Balaban J connectivity index is 1.56. The number of rotatable bonds is 4. The van der Waals surface area contributed by atoms with E-state index in [-0.39, 0.29) is 23.9 Å².